The molecule has 0 spiro atoms. The lowest BCUT2D eigenvalue weighted by Gasteiger charge is -2.24. The van der Waals surface area contributed by atoms with E-state index < -0.39 is 17.4 Å². The fraction of sp³-hybridized carbons (Fsp3) is 0.250. The number of carbonyl (C=O) groups excluding carboxylic acids is 2. The highest BCUT2D eigenvalue weighted by molar-refractivity contribution is 6.09. The molecule has 1 aliphatic carbocycles. The zero-order chi connectivity index (χ0) is 19.9. The van der Waals surface area contributed by atoms with Crippen LogP contribution in [0.3, 0.4) is 0 Å². The van der Waals surface area contributed by atoms with E-state index in [0.717, 1.165) is 27.5 Å². The number of hydrogen-bond donors (Lipinski definition) is 0. The summed E-state index contributed by atoms with van der Waals surface area (Å²) in [5, 5.41) is 2.11. The zero-order valence-corrected chi connectivity index (χ0v) is 16.2. The Labute approximate surface area is 164 Å². The van der Waals surface area contributed by atoms with Crippen molar-refractivity contribution in [1.82, 2.24) is 0 Å². The number of hydrogen-bond acceptors (Lipinski definition) is 4. The maximum Gasteiger partial charge on any atom is 0.327 e. The average molecular weight is 374 g/mol. The van der Waals surface area contributed by atoms with Crippen LogP contribution in [0, 0.1) is 6.92 Å². The summed E-state index contributed by atoms with van der Waals surface area (Å²) in [5.41, 5.74) is 2.44. The van der Waals surface area contributed by atoms with Crippen molar-refractivity contribution in [3.05, 3.63) is 82.9 Å². The summed E-state index contributed by atoms with van der Waals surface area (Å²) in [7, 11) is 2.62. The van der Waals surface area contributed by atoms with E-state index in [1.165, 1.54) is 14.2 Å². The molecule has 0 radical (unpaired) electrons. The SMILES string of the molecule is COC(=O)C1(C(=O)OC)CC(c2ccc(C)cc2)c2c1ccc1ccccc21. The van der Waals surface area contributed by atoms with Crippen LogP contribution >= 0.6 is 0 Å². The van der Waals surface area contributed by atoms with Gasteiger partial charge in [0.25, 0.3) is 0 Å². The molecule has 0 saturated heterocycles. The topological polar surface area (TPSA) is 52.6 Å². The first-order chi connectivity index (χ1) is 13.5. The largest absolute Gasteiger partial charge is 0.468 e. The Kier molecular flexibility index (Phi) is 4.42. The molecule has 28 heavy (non-hydrogen) atoms. The highest BCUT2D eigenvalue weighted by Crippen LogP contribution is 2.52. The Bertz CT molecular complexity index is 1050. The fourth-order valence-electron chi connectivity index (χ4n) is 4.46. The highest BCUT2D eigenvalue weighted by Gasteiger charge is 2.57. The Morgan fingerprint density at radius 1 is 0.893 bits per heavy atom. The van der Waals surface area contributed by atoms with Crippen molar-refractivity contribution < 1.29 is 19.1 Å². The monoisotopic (exact) mass is 374 g/mol. The number of benzene rings is 3. The number of carbonyl (C=O) groups is 2. The maximum absolute atomic E-state index is 12.9. The standard InChI is InChI=1S/C24H22O4/c1-15-8-10-17(11-9-15)19-14-24(22(25)27-2,23(26)28-3)20-13-12-16-6-4-5-7-18(16)21(19)20/h4-13,19H,14H2,1-3H3. The first kappa shape index (κ1) is 18.2. The van der Waals surface area contributed by atoms with Gasteiger partial charge in [0.05, 0.1) is 14.2 Å². The lowest BCUT2D eigenvalue weighted by atomic mass is 9.80. The molecule has 0 amide bonds. The van der Waals surface area contributed by atoms with Crippen LogP contribution in [0.1, 0.15) is 34.6 Å². The van der Waals surface area contributed by atoms with Crippen molar-refractivity contribution in [3.8, 4) is 0 Å². The van der Waals surface area contributed by atoms with Crippen molar-refractivity contribution in [2.45, 2.75) is 24.7 Å². The normalized spacial score (nSPS) is 17.2. The maximum atomic E-state index is 12.9. The Morgan fingerprint density at radius 2 is 1.54 bits per heavy atom. The molecule has 1 unspecified atom stereocenters. The quantitative estimate of drug-likeness (QED) is 0.508. The molecule has 0 aliphatic heterocycles. The summed E-state index contributed by atoms with van der Waals surface area (Å²) >= 11 is 0. The molecule has 4 rings (SSSR count). The molecule has 0 fully saturated rings. The molecule has 142 valence electrons. The number of fused-ring (bicyclic) bond motifs is 3. The second kappa shape index (κ2) is 6.79. The number of ether oxygens (including phenoxy) is 2. The van der Waals surface area contributed by atoms with Gasteiger partial charge in [0.1, 0.15) is 0 Å². The van der Waals surface area contributed by atoms with Crippen molar-refractivity contribution in [2.75, 3.05) is 14.2 Å². The van der Waals surface area contributed by atoms with Crippen LogP contribution < -0.4 is 0 Å². The Balaban J connectivity index is 2.05. The van der Waals surface area contributed by atoms with E-state index in [1.807, 2.05) is 43.3 Å². The van der Waals surface area contributed by atoms with Gasteiger partial charge >= 0.3 is 11.9 Å². The lowest BCUT2D eigenvalue weighted by molar-refractivity contribution is -0.162. The third-order valence-electron chi connectivity index (χ3n) is 5.84. The van der Waals surface area contributed by atoms with E-state index >= 15 is 0 Å². The smallest absolute Gasteiger partial charge is 0.327 e. The number of methoxy groups -OCH3 is 2. The lowest BCUT2D eigenvalue weighted by Crippen LogP contribution is -2.43. The first-order valence-corrected chi connectivity index (χ1v) is 9.28. The van der Waals surface area contributed by atoms with Gasteiger partial charge in [-0.05, 0) is 40.8 Å². The van der Waals surface area contributed by atoms with Crippen LogP contribution in [0.25, 0.3) is 10.8 Å². The molecule has 1 atom stereocenters. The third-order valence-corrected chi connectivity index (χ3v) is 5.84. The van der Waals surface area contributed by atoms with Crippen LogP contribution in [-0.4, -0.2) is 26.2 Å². The van der Waals surface area contributed by atoms with Crippen LogP contribution in [0.5, 0.6) is 0 Å². The molecule has 0 saturated carbocycles. The van der Waals surface area contributed by atoms with Gasteiger partial charge in [0.15, 0.2) is 5.41 Å². The fourth-order valence-corrected chi connectivity index (χ4v) is 4.46. The number of rotatable bonds is 3. The van der Waals surface area contributed by atoms with Gasteiger partial charge < -0.3 is 9.47 Å². The van der Waals surface area contributed by atoms with Crippen LogP contribution in [0.2, 0.25) is 0 Å². The van der Waals surface area contributed by atoms with E-state index in [-0.39, 0.29) is 5.92 Å². The summed E-state index contributed by atoms with van der Waals surface area (Å²) in [6, 6.07) is 20.1. The highest BCUT2D eigenvalue weighted by atomic mass is 16.5. The molecule has 4 heteroatoms. The van der Waals surface area contributed by atoms with Crippen molar-refractivity contribution >= 4 is 22.7 Å². The number of esters is 2. The van der Waals surface area contributed by atoms with E-state index in [2.05, 4.69) is 24.3 Å². The molecule has 0 N–H and O–H groups in total. The predicted octanol–water partition coefficient (Wildman–Crippen LogP) is 4.27. The van der Waals surface area contributed by atoms with Crippen molar-refractivity contribution in [1.29, 1.82) is 0 Å². The second-order valence-corrected chi connectivity index (χ2v) is 7.30. The van der Waals surface area contributed by atoms with E-state index in [1.54, 1.807) is 0 Å². The Hall–Kier alpha value is -3.14. The summed E-state index contributed by atoms with van der Waals surface area (Å²) in [5.74, 6) is -1.27. The predicted molar refractivity (Wildman–Crippen MR) is 107 cm³/mol. The molecule has 0 bridgehead atoms. The second-order valence-electron chi connectivity index (χ2n) is 7.30. The van der Waals surface area contributed by atoms with Gasteiger partial charge in [-0.2, -0.15) is 0 Å². The molecular weight excluding hydrogens is 352 g/mol. The summed E-state index contributed by atoms with van der Waals surface area (Å²) in [6.07, 6.45) is 0.290. The minimum absolute atomic E-state index is 0.111. The van der Waals surface area contributed by atoms with E-state index in [9.17, 15) is 9.59 Å². The Morgan fingerprint density at radius 3 is 2.18 bits per heavy atom. The van der Waals surface area contributed by atoms with Gasteiger partial charge in [-0.1, -0.05) is 66.2 Å². The van der Waals surface area contributed by atoms with E-state index in [0.29, 0.717) is 12.0 Å². The van der Waals surface area contributed by atoms with Crippen LogP contribution in [-0.2, 0) is 24.5 Å². The molecule has 3 aromatic carbocycles. The van der Waals surface area contributed by atoms with Crippen molar-refractivity contribution in [2.24, 2.45) is 0 Å². The molecule has 0 heterocycles. The molecule has 0 aromatic heterocycles. The van der Waals surface area contributed by atoms with E-state index in [4.69, 9.17) is 9.47 Å². The molecule has 3 aromatic rings. The first-order valence-electron chi connectivity index (χ1n) is 9.28. The van der Waals surface area contributed by atoms with Crippen LogP contribution in [0.15, 0.2) is 60.7 Å². The van der Waals surface area contributed by atoms with Crippen LogP contribution in [0.4, 0.5) is 0 Å². The van der Waals surface area contributed by atoms with Gasteiger partial charge in [0, 0.05) is 5.92 Å². The minimum Gasteiger partial charge on any atom is -0.468 e. The van der Waals surface area contributed by atoms with Gasteiger partial charge in [-0.25, -0.2) is 0 Å². The van der Waals surface area contributed by atoms with Crippen molar-refractivity contribution in [3.63, 3.8) is 0 Å². The number of aryl methyl sites for hydroxylation is 1. The van der Waals surface area contributed by atoms with Gasteiger partial charge in [0.2, 0.25) is 0 Å². The average Bonchev–Trinajstić information content (AvgIpc) is 3.10. The minimum atomic E-state index is -1.46. The molecule has 4 nitrogen and oxygen atoms in total. The van der Waals surface area contributed by atoms with Gasteiger partial charge in [-0.15, -0.1) is 0 Å². The third kappa shape index (κ3) is 2.52. The molecule has 1 aliphatic rings. The zero-order valence-electron chi connectivity index (χ0n) is 16.2. The summed E-state index contributed by atoms with van der Waals surface area (Å²) < 4.78 is 10.2. The summed E-state index contributed by atoms with van der Waals surface area (Å²) in [6.45, 7) is 2.04. The van der Waals surface area contributed by atoms with Gasteiger partial charge in [-0.3, -0.25) is 9.59 Å². The summed E-state index contributed by atoms with van der Waals surface area (Å²) in [4.78, 5) is 25.9. The molecular formula is C24H22O4.